The average Bonchev–Trinajstić information content (AvgIpc) is 2.66. The summed E-state index contributed by atoms with van der Waals surface area (Å²) in [6.07, 6.45) is 2.08. The summed E-state index contributed by atoms with van der Waals surface area (Å²) in [5, 5.41) is 3.56. The minimum absolute atomic E-state index is 0.231. The van der Waals surface area contributed by atoms with E-state index in [0.717, 1.165) is 29.0 Å². The summed E-state index contributed by atoms with van der Waals surface area (Å²) in [5.74, 6) is 0.640. The van der Waals surface area contributed by atoms with E-state index in [0.29, 0.717) is 13.2 Å². The number of ether oxygens (including phenoxy) is 1. The van der Waals surface area contributed by atoms with E-state index >= 15 is 0 Å². The number of anilines is 1. The molecular weight excluding hydrogens is 316 g/mol. The second-order valence-corrected chi connectivity index (χ2v) is 5.38. The molecule has 0 N–H and O–H groups in total. The van der Waals surface area contributed by atoms with Gasteiger partial charge in [0.2, 0.25) is 0 Å². The molecule has 0 aliphatic heterocycles. The van der Waals surface area contributed by atoms with Crippen LogP contribution in [0.3, 0.4) is 0 Å². The van der Waals surface area contributed by atoms with E-state index in [9.17, 15) is 4.79 Å². The highest BCUT2D eigenvalue weighted by atomic mass is 16.6. The average molecular weight is 340 g/mol. The molecule has 1 amide bonds. The number of carbonyl (C=O) groups is 1. The molecule has 5 heteroatoms. The second-order valence-electron chi connectivity index (χ2n) is 5.38. The third-order valence-electron chi connectivity index (χ3n) is 3.87. The first-order valence-electron chi connectivity index (χ1n) is 8.37. The fraction of sp³-hybridized carbons (Fsp3) is 0.300. The van der Waals surface area contributed by atoms with Gasteiger partial charge in [-0.1, -0.05) is 48.5 Å². The molecule has 0 radical (unpaired) electrons. The number of hydrogen-bond acceptors (Lipinski definition) is 4. The second kappa shape index (κ2) is 9.47. The van der Waals surface area contributed by atoms with E-state index < -0.39 is 0 Å². The van der Waals surface area contributed by atoms with Crippen molar-refractivity contribution in [1.29, 1.82) is 0 Å². The van der Waals surface area contributed by atoms with Crippen LogP contribution in [0, 0.1) is 0 Å². The molecule has 0 heterocycles. The van der Waals surface area contributed by atoms with Crippen molar-refractivity contribution in [2.24, 2.45) is 5.16 Å². The number of oxime groups is 1. The predicted octanol–water partition coefficient (Wildman–Crippen LogP) is 3.81. The lowest BCUT2D eigenvalue weighted by Gasteiger charge is -2.22. The number of hydrogen-bond donors (Lipinski definition) is 0. The van der Waals surface area contributed by atoms with Crippen LogP contribution >= 0.6 is 0 Å². The fourth-order valence-corrected chi connectivity index (χ4v) is 2.60. The molecule has 0 bridgehead atoms. The quantitative estimate of drug-likeness (QED) is 0.542. The zero-order chi connectivity index (χ0) is 18.1. The van der Waals surface area contributed by atoms with Gasteiger partial charge in [-0.2, -0.15) is 0 Å². The van der Waals surface area contributed by atoms with Crippen molar-refractivity contribution in [1.82, 2.24) is 0 Å². The summed E-state index contributed by atoms with van der Waals surface area (Å²) < 4.78 is 6.01. The van der Waals surface area contributed by atoms with E-state index in [2.05, 4.69) is 23.0 Å². The SMILES string of the molecule is CCc1ccccc1OCc1ccccc1N(CC)C(=O)C=NOC. The van der Waals surface area contributed by atoms with Crippen LogP contribution in [-0.2, 0) is 22.7 Å². The van der Waals surface area contributed by atoms with Crippen molar-refractivity contribution < 1.29 is 14.4 Å². The molecule has 0 saturated carbocycles. The minimum atomic E-state index is -0.231. The highest BCUT2D eigenvalue weighted by Gasteiger charge is 2.16. The largest absolute Gasteiger partial charge is 0.489 e. The van der Waals surface area contributed by atoms with Gasteiger partial charge < -0.3 is 14.5 Å². The van der Waals surface area contributed by atoms with E-state index in [-0.39, 0.29) is 5.91 Å². The van der Waals surface area contributed by atoms with Crippen molar-refractivity contribution in [3.63, 3.8) is 0 Å². The van der Waals surface area contributed by atoms with Gasteiger partial charge in [-0.25, -0.2) is 0 Å². The smallest absolute Gasteiger partial charge is 0.272 e. The van der Waals surface area contributed by atoms with Crippen LogP contribution in [0.25, 0.3) is 0 Å². The van der Waals surface area contributed by atoms with Gasteiger partial charge in [0.15, 0.2) is 0 Å². The first kappa shape index (κ1) is 18.5. The number of amides is 1. The molecule has 0 saturated heterocycles. The van der Waals surface area contributed by atoms with Crippen LogP contribution in [0.5, 0.6) is 5.75 Å². The first-order valence-corrected chi connectivity index (χ1v) is 8.37. The van der Waals surface area contributed by atoms with Crippen LogP contribution in [0.15, 0.2) is 53.7 Å². The maximum atomic E-state index is 12.3. The number of aryl methyl sites for hydroxylation is 1. The molecule has 0 spiro atoms. The Bertz CT molecular complexity index is 728. The molecule has 132 valence electrons. The van der Waals surface area contributed by atoms with Gasteiger partial charge in [0.05, 0.1) is 5.69 Å². The summed E-state index contributed by atoms with van der Waals surface area (Å²) in [5.41, 5.74) is 2.91. The maximum Gasteiger partial charge on any atom is 0.272 e. The Hall–Kier alpha value is -2.82. The number of benzene rings is 2. The highest BCUT2D eigenvalue weighted by Crippen LogP contribution is 2.24. The Morgan fingerprint density at radius 2 is 1.76 bits per heavy atom. The Labute approximate surface area is 148 Å². The van der Waals surface area contributed by atoms with Gasteiger partial charge in [0, 0.05) is 12.1 Å². The lowest BCUT2D eigenvalue weighted by Crippen LogP contribution is -2.32. The van der Waals surface area contributed by atoms with Crippen molar-refractivity contribution in [2.45, 2.75) is 26.9 Å². The molecule has 0 unspecified atom stereocenters. The molecule has 0 aliphatic carbocycles. The third-order valence-corrected chi connectivity index (χ3v) is 3.87. The molecule has 2 rings (SSSR count). The van der Waals surface area contributed by atoms with Gasteiger partial charge in [-0.15, -0.1) is 0 Å². The van der Waals surface area contributed by atoms with Crippen LogP contribution in [0.2, 0.25) is 0 Å². The highest BCUT2D eigenvalue weighted by molar-refractivity contribution is 6.32. The van der Waals surface area contributed by atoms with Gasteiger partial charge in [-0.05, 0) is 31.0 Å². The number of carbonyl (C=O) groups excluding carboxylic acids is 1. The summed E-state index contributed by atoms with van der Waals surface area (Å²) in [4.78, 5) is 18.6. The minimum Gasteiger partial charge on any atom is -0.489 e. The number of para-hydroxylation sites is 2. The monoisotopic (exact) mass is 340 g/mol. The zero-order valence-electron chi connectivity index (χ0n) is 14.9. The zero-order valence-corrected chi connectivity index (χ0v) is 14.9. The van der Waals surface area contributed by atoms with Crippen molar-refractivity contribution in [3.8, 4) is 5.75 Å². The van der Waals surface area contributed by atoms with Crippen LogP contribution < -0.4 is 9.64 Å². The lowest BCUT2D eigenvalue weighted by molar-refractivity contribution is -0.112. The fourth-order valence-electron chi connectivity index (χ4n) is 2.60. The molecule has 0 fully saturated rings. The summed E-state index contributed by atoms with van der Waals surface area (Å²) >= 11 is 0. The first-order chi connectivity index (χ1) is 12.2. The van der Waals surface area contributed by atoms with E-state index in [1.165, 1.54) is 13.3 Å². The summed E-state index contributed by atoms with van der Waals surface area (Å²) in [6, 6.07) is 15.7. The van der Waals surface area contributed by atoms with Gasteiger partial charge in [0.1, 0.15) is 25.7 Å². The normalized spacial score (nSPS) is 10.7. The lowest BCUT2D eigenvalue weighted by atomic mass is 10.1. The Kier molecular flexibility index (Phi) is 7.01. The van der Waals surface area contributed by atoms with E-state index in [1.54, 1.807) is 4.90 Å². The molecule has 0 atom stereocenters. The Morgan fingerprint density at radius 3 is 2.44 bits per heavy atom. The van der Waals surface area contributed by atoms with Crippen LogP contribution in [-0.4, -0.2) is 25.8 Å². The molecule has 2 aromatic carbocycles. The van der Waals surface area contributed by atoms with Gasteiger partial charge in [0.25, 0.3) is 5.91 Å². The molecule has 25 heavy (non-hydrogen) atoms. The summed E-state index contributed by atoms with van der Waals surface area (Å²) in [7, 11) is 1.41. The molecule has 2 aromatic rings. The topological polar surface area (TPSA) is 51.1 Å². The van der Waals surface area contributed by atoms with E-state index in [4.69, 9.17) is 4.74 Å². The molecule has 0 aliphatic rings. The molecule has 0 aromatic heterocycles. The van der Waals surface area contributed by atoms with Crippen molar-refractivity contribution in [3.05, 3.63) is 59.7 Å². The standard InChI is InChI=1S/C20H24N2O3/c1-4-16-10-7-9-13-19(16)25-15-17-11-6-8-12-18(17)22(5-2)20(23)14-21-24-3/h6-14H,4-5,15H2,1-3H3. The van der Waals surface area contributed by atoms with Crippen LogP contribution in [0.1, 0.15) is 25.0 Å². The summed E-state index contributed by atoms with van der Waals surface area (Å²) in [6.45, 7) is 4.93. The van der Waals surface area contributed by atoms with Gasteiger partial charge >= 0.3 is 0 Å². The van der Waals surface area contributed by atoms with Crippen molar-refractivity contribution >= 4 is 17.8 Å². The number of rotatable bonds is 8. The Morgan fingerprint density at radius 1 is 1.08 bits per heavy atom. The van der Waals surface area contributed by atoms with Crippen LogP contribution in [0.4, 0.5) is 5.69 Å². The predicted molar refractivity (Wildman–Crippen MR) is 100 cm³/mol. The van der Waals surface area contributed by atoms with E-state index in [1.807, 2.05) is 49.4 Å². The third kappa shape index (κ3) is 4.83. The molecule has 5 nitrogen and oxygen atoms in total. The molecular formula is C20H24N2O3. The van der Waals surface area contributed by atoms with Gasteiger partial charge in [-0.3, -0.25) is 4.79 Å². The van der Waals surface area contributed by atoms with Crippen molar-refractivity contribution in [2.75, 3.05) is 18.6 Å². The maximum absolute atomic E-state index is 12.3. The number of nitrogens with zero attached hydrogens (tertiary/aromatic N) is 2. The Balaban J connectivity index is 2.22.